The van der Waals surface area contributed by atoms with E-state index in [9.17, 15) is 22.8 Å². The van der Waals surface area contributed by atoms with Gasteiger partial charge in [0.25, 0.3) is 5.56 Å². The van der Waals surface area contributed by atoms with E-state index in [4.69, 9.17) is 33.9 Å². The summed E-state index contributed by atoms with van der Waals surface area (Å²) in [5, 5.41) is 0.864. The van der Waals surface area contributed by atoms with E-state index in [1.807, 2.05) is 0 Å². The van der Waals surface area contributed by atoms with Gasteiger partial charge < -0.3 is 5.73 Å². The lowest BCUT2D eigenvalue weighted by atomic mass is 9.98. The van der Waals surface area contributed by atoms with Crippen LogP contribution in [0.1, 0.15) is 12.8 Å². The molecule has 4 aromatic rings. The minimum absolute atomic E-state index is 0.0617. The van der Waals surface area contributed by atoms with Crippen LogP contribution in [0.5, 0.6) is 0 Å². The lowest BCUT2D eigenvalue weighted by Crippen LogP contribution is -2.45. The molecule has 0 spiro atoms. The van der Waals surface area contributed by atoms with Gasteiger partial charge in [-0.3, -0.25) is 18.7 Å². The van der Waals surface area contributed by atoms with Gasteiger partial charge in [-0.1, -0.05) is 35.3 Å². The summed E-state index contributed by atoms with van der Waals surface area (Å²) in [7, 11) is -3.33. The summed E-state index contributed by atoms with van der Waals surface area (Å²) in [4.78, 5) is 44.2. The molecular formula is C26H26Cl2N6O5S. The molecule has 1 aliphatic rings. The van der Waals surface area contributed by atoms with Gasteiger partial charge in [0.1, 0.15) is 12.4 Å². The van der Waals surface area contributed by atoms with Crippen LogP contribution in [0.15, 0.2) is 58.1 Å². The minimum atomic E-state index is -3.33. The molecule has 210 valence electrons. The number of halogens is 2. The molecule has 40 heavy (non-hydrogen) atoms. The largest absolute Gasteiger partial charge is 0.368 e. The summed E-state index contributed by atoms with van der Waals surface area (Å²) in [5.74, 6) is -0.616. The normalized spacial score (nSPS) is 15.1. The molecule has 1 fully saturated rings. The fourth-order valence-corrected chi connectivity index (χ4v) is 6.27. The van der Waals surface area contributed by atoms with E-state index in [-0.39, 0.29) is 23.6 Å². The molecule has 1 aliphatic heterocycles. The molecule has 14 heteroatoms. The van der Waals surface area contributed by atoms with Gasteiger partial charge in [-0.2, -0.15) is 0 Å². The molecule has 0 bridgehead atoms. The number of imidazole rings is 1. The number of piperidine rings is 1. The quantitative estimate of drug-likeness (QED) is 0.343. The SMILES string of the molecule is CS(=O)(=O)N1CCC(Cn2c(=O)n(CC(N)=O)c(=O)c3c2nc(-c2ccccc2Cl)n3-c2ccc(Cl)cc2)CC1. The van der Waals surface area contributed by atoms with Crippen LogP contribution in [-0.2, 0) is 27.9 Å². The average molecular weight is 606 g/mol. The van der Waals surface area contributed by atoms with Crippen molar-refractivity contribution in [2.75, 3.05) is 19.3 Å². The highest BCUT2D eigenvalue weighted by Crippen LogP contribution is 2.32. The summed E-state index contributed by atoms with van der Waals surface area (Å²) in [6.45, 7) is 0.164. The van der Waals surface area contributed by atoms with Crippen LogP contribution in [0, 0.1) is 5.92 Å². The summed E-state index contributed by atoms with van der Waals surface area (Å²) in [6.07, 6.45) is 2.18. The highest BCUT2D eigenvalue weighted by Gasteiger charge is 2.29. The zero-order chi connectivity index (χ0) is 28.8. The van der Waals surface area contributed by atoms with Gasteiger partial charge in [-0.15, -0.1) is 0 Å². The summed E-state index contributed by atoms with van der Waals surface area (Å²) < 4.78 is 29.1. The predicted octanol–water partition coefficient (Wildman–Crippen LogP) is 2.48. The van der Waals surface area contributed by atoms with Crippen molar-refractivity contribution in [3.63, 3.8) is 0 Å². The number of sulfonamides is 1. The van der Waals surface area contributed by atoms with Crippen molar-refractivity contribution >= 4 is 50.3 Å². The number of nitrogens with two attached hydrogens (primary N) is 1. The standard InChI is InChI=1S/C26H26Cl2N6O5S/c1-40(38,39)31-12-10-16(11-13-31)14-32-24-22(25(36)33(26(32)37)15-21(29)35)34(18-8-6-17(27)7-9-18)23(30-24)19-4-2-3-5-20(19)28/h2-9,16H,10-15H2,1H3,(H2,29,35). The minimum Gasteiger partial charge on any atom is -0.368 e. The van der Waals surface area contributed by atoms with Crippen molar-refractivity contribution in [2.24, 2.45) is 11.7 Å². The first-order valence-corrected chi connectivity index (χ1v) is 15.1. The first kappa shape index (κ1) is 28.1. The van der Waals surface area contributed by atoms with Crippen LogP contribution in [0.25, 0.3) is 28.2 Å². The Balaban J connectivity index is 1.77. The molecule has 0 unspecified atom stereocenters. The molecule has 5 rings (SSSR count). The molecule has 11 nitrogen and oxygen atoms in total. The van der Waals surface area contributed by atoms with Gasteiger partial charge in [0.15, 0.2) is 11.2 Å². The first-order chi connectivity index (χ1) is 19.0. The fourth-order valence-electron chi connectivity index (χ4n) is 5.05. The molecule has 1 saturated heterocycles. The number of hydrogen-bond donors (Lipinski definition) is 1. The highest BCUT2D eigenvalue weighted by atomic mass is 35.5. The van der Waals surface area contributed by atoms with Crippen LogP contribution in [0.2, 0.25) is 10.0 Å². The number of amides is 1. The zero-order valence-corrected chi connectivity index (χ0v) is 23.8. The second kappa shape index (κ2) is 10.8. The number of primary amides is 1. The summed E-state index contributed by atoms with van der Waals surface area (Å²) in [5.41, 5.74) is 5.19. The first-order valence-electron chi connectivity index (χ1n) is 12.5. The second-order valence-corrected chi connectivity index (χ2v) is 12.6. The van der Waals surface area contributed by atoms with Gasteiger partial charge in [0, 0.05) is 35.9 Å². The lowest BCUT2D eigenvalue weighted by molar-refractivity contribution is -0.118. The molecular weight excluding hydrogens is 579 g/mol. The van der Waals surface area contributed by atoms with Crippen LogP contribution in [-0.4, -0.2) is 56.7 Å². The third-order valence-corrected chi connectivity index (χ3v) is 8.91. The number of nitrogens with zero attached hydrogens (tertiary/aromatic N) is 5. The maximum Gasteiger partial charge on any atom is 0.333 e. The molecule has 2 aromatic carbocycles. The van der Waals surface area contributed by atoms with Crippen molar-refractivity contribution in [1.82, 2.24) is 23.0 Å². The van der Waals surface area contributed by atoms with E-state index in [1.54, 1.807) is 53.1 Å². The molecule has 0 radical (unpaired) electrons. The Kier molecular flexibility index (Phi) is 7.62. The monoisotopic (exact) mass is 604 g/mol. The summed E-state index contributed by atoms with van der Waals surface area (Å²) in [6, 6.07) is 13.7. The van der Waals surface area contributed by atoms with Gasteiger partial charge in [0.05, 0.1) is 11.3 Å². The average Bonchev–Trinajstić information content (AvgIpc) is 3.30. The van der Waals surface area contributed by atoms with E-state index in [2.05, 4.69) is 0 Å². The Morgan fingerprint density at radius 3 is 2.27 bits per heavy atom. The smallest absolute Gasteiger partial charge is 0.333 e. The van der Waals surface area contributed by atoms with E-state index < -0.39 is 33.7 Å². The molecule has 0 atom stereocenters. The lowest BCUT2D eigenvalue weighted by Gasteiger charge is -2.30. The number of carbonyl (C=O) groups excluding carboxylic acids is 1. The van der Waals surface area contributed by atoms with Crippen LogP contribution < -0.4 is 17.0 Å². The van der Waals surface area contributed by atoms with Gasteiger partial charge in [-0.25, -0.2) is 27.1 Å². The van der Waals surface area contributed by atoms with Gasteiger partial charge in [-0.05, 0) is 55.2 Å². The van der Waals surface area contributed by atoms with Crippen molar-refractivity contribution in [2.45, 2.75) is 25.9 Å². The number of rotatable bonds is 7. The van der Waals surface area contributed by atoms with Crippen LogP contribution in [0.3, 0.4) is 0 Å². The topological polar surface area (TPSA) is 142 Å². The maximum absolute atomic E-state index is 13.8. The number of hydrogen-bond acceptors (Lipinski definition) is 6. The van der Waals surface area contributed by atoms with E-state index in [0.717, 1.165) is 4.57 Å². The van der Waals surface area contributed by atoms with Gasteiger partial charge in [0.2, 0.25) is 15.9 Å². The molecule has 0 aliphatic carbocycles. The third-order valence-electron chi connectivity index (χ3n) is 7.02. The zero-order valence-electron chi connectivity index (χ0n) is 21.5. The predicted molar refractivity (Wildman–Crippen MR) is 153 cm³/mol. The van der Waals surface area contributed by atoms with Crippen molar-refractivity contribution in [1.29, 1.82) is 0 Å². The van der Waals surface area contributed by atoms with Crippen molar-refractivity contribution < 1.29 is 13.2 Å². The van der Waals surface area contributed by atoms with Gasteiger partial charge >= 0.3 is 5.69 Å². The Bertz CT molecular complexity index is 1840. The molecule has 3 heterocycles. The van der Waals surface area contributed by atoms with E-state index >= 15 is 0 Å². The van der Waals surface area contributed by atoms with E-state index in [1.165, 1.54) is 15.1 Å². The maximum atomic E-state index is 13.8. The third kappa shape index (κ3) is 5.31. The number of aromatic nitrogens is 4. The number of fused-ring (bicyclic) bond motifs is 1. The van der Waals surface area contributed by atoms with Crippen LogP contribution >= 0.6 is 23.2 Å². The molecule has 2 aromatic heterocycles. The number of carbonyl (C=O) groups is 1. The Hall–Kier alpha value is -3.45. The van der Waals surface area contributed by atoms with Crippen molar-refractivity contribution in [3.05, 3.63) is 79.4 Å². The Morgan fingerprint density at radius 1 is 1.02 bits per heavy atom. The Labute approximate surface area is 239 Å². The molecule has 0 saturated carbocycles. The van der Waals surface area contributed by atoms with Crippen molar-refractivity contribution in [3.8, 4) is 17.1 Å². The fraction of sp³-hybridized carbons (Fsp3) is 0.308. The Morgan fingerprint density at radius 2 is 1.68 bits per heavy atom. The molecule has 2 N–H and O–H groups in total. The highest BCUT2D eigenvalue weighted by molar-refractivity contribution is 7.88. The van der Waals surface area contributed by atoms with E-state index in [0.29, 0.717) is 53.1 Å². The number of benzene rings is 2. The molecule has 1 amide bonds. The van der Waals surface area contributed by atoms with Crippen LogP contribution in [0.4, 0.5) is 0 Å². The summed E-state index contributed by atoms with van der Waals surface area (Å²) >= 11 is 12.7. The second-order valence-electron chi connectivity index (χ2n) is 9.76.